The number of nitrogens with two attached hydrogens (primary N) is 1. The number of benzene rings is 1. The van der Waals surface area contributed by atoms with Crippen molar-refractivity contribution in [1.29, 1.82) is 0 Å². The Morgan fingerprint density at radius 3 is 2.64 bits per heavy atom. The Kier molecular flexibility index (Phi) is 4.79. The van der Waals surface area contributed by atoms with E-state index < -0.39 is 0 Å². The molecule has 0 radical (unpaired) electrons. The first kappa shape index (κ1) is 15.5. The molecule has 0 aromatic heterocycles. The number of hydrogen-bond acceptors (Lipinski definition) is 3. The summed E-state index contributed by atoms with van der Waals surface area (Å²) in [6.45, 7) is 5.91. The maximum absolute atomic E-state index is 12.7. The predicted octanol–water partition coefficient (Wildman–Crippen LogP) is 1.85. The van der Waals surface area contributed by atoms with Crippen molar-refractivity contribution in [2.24, 2.45) is 11.7 Å². The molecule has 22 heavy (non-hydrogen) atoms. The lowest BCUT2D eigenvalue weighted by Gasteiger charge is -2.41. The molecule has 4 nitrogen and oxygen atoms in total. The SMILES string of the molecule is CC1CN(Cc2ccccc2)CCN1C(=O)C1CCC(N)C1. The summed E-state index contributed by atoms with van der Waals surface area (Å²) in [7, 11) is 0. The minimum Gasteiger partial charge on any atom is -0.337 e. The molecule has 0 bridgehead atoms. The number of nitrogens with zero attached hydrogens (tertiary/aromatic N) is 2. The van der Waals surface area contributed by atoms with Gasteiger partial charge in [-0.05, 0) is 31.7 Å². The van der Waals surface area contributed by atoms with E-state index in [2.05, 4.69) is 47.1 Å². The van der Waals surface area contributed by atoms with Crippen LogP contribution in [-0.2, 0) is 11.3 Å². The molecule has 1 aliphatic carbocycles. The third kappa shape index (κ3) is 3.50. The lowest BCUT2D eigenvalue weighted by Crippen LogP contribution is -2.54. The van der Waals surface area contributed by atoms with Crippen LogP contribution in [0.4, 0.5) is 0 Å². The van der Waals surface area contributed by atoms with Gasteiger partial charge in [-0.25, -0.2) is 0 Å². The van der Waals surface area contributed by atoms with Gasteiger partial charge in [0.25, 0.3) is 0 Å². The molecule has 2 fully saturated rings. The molecule has 1 amide bonds. The number of hydrogen-bond donors (Lipinski definition) is 1. The minimum atomic E-state index is 0.165. The molecule has 120 valence electrons. The van der Waals surface area contributed by atoms with Gasteiger partial charge in [-0.15, -0.1) is 0 Å². The van der Waals surface area contributed by atoms with Gasteiger partial charge in [-0.1, -0.05) is 30.3 Å². The maximum atomic E-state index is 12.7. The van der Waals surface area contributed by atoms with E-state index in [0.717, 1.165) is 45.4 Å². The van der Waals surface area contributed by atoms with E-state index in [-0.39, 0.29) is 12.0 Å². The van der Waals surface area contributed by atoms with Crippen LogP contribution in [0, 0.1) is 5.92 Å². The van der Waals surface area contributed by atoms with Crippen LogP contribution in [0.3, 0.4) is 0 Å². The molecule has 3 rings (SSSR count). The van der Waals surface area contributed by atoms with Crippen LogP contribution in [0.5, 0.6) is 0 Å². The quantitative estimate of drug-likeness (QED) is 0.927. The smallest absolute Gasteiger partial charge is 0.226 e. The zero-order chi connectivity index (χ0) is 15.5. The average Bonchev–Trinajstić information content (AvgIpc) is 2.94. The fourth-order valence-corrected chi connectivity index (χ4v) is 3.82. The summed E-state index contributed by atoms with van der Waals surface area (Å²) < 4.78 is 0. The Labute approximate surface area is 133 Å². The lowest BCUT2D eigenvalue weighted by molar-refractivity contribution is -0.140. The molecule has 1 saturated carbocycles. The summed E-state index contributed by atoms with van der Waals surface area (Å²) in [5.74, 6) is 0.498. The first-order valence-corrected chi connectivity index (χ1v) is 8.46. The summed E-state index contributed by atoms with van der Waals surface area (Å²) in [5.41, 5.74) is 7.30. The van der Waals surface area contributed by atoms with E-state index in [1.54, 1.807) is 0 Å². The highest BCUT2D eigenvalue weighted by atomic mass is 16.2. The maximum Gasteiger partial charge on any atom is 0.226 e. The molecule has 4 heteroatoms. The van der Waals surface area contributed by atoms with Crippen molar-refractivity contribution in [1.82, 2.24) is 9.80 Å². The molecule has 2 N–H and O–H groups in total. The molecular formula is C18H27N3O. The van der Waals surface area contributed by atoms with Crippen molar-refractivity contribution in [3.05, 3.63) is 35.9 Å². The van der Waals surface area contributed by atoms with E-state index in [1.807, 2.05) is 0 Å². The van der Waals surface area contributed by atoms with Crippen LogP contribution >= 0.6 is 0 Å². The topological polar surface area (TPSA) is 49.6 Å². The molecule has 1 aliphatic heterocycles. The van der Waals surface area contributed by atoms with Gasteiger partial charge in [-0.3, -0.25) is 9.69 Å². The van der Waals surface area contributed by atoms with Gasteiger partial charge < -0.3 is 10.6 Å². The summed E-state index contributed by atoms with van der Waals surface area (Å²) in [6, 6.07) is 11.1. The van der Waals surface area contributed by atoms with Crippen molar-refractivity contribution >= 4 is 5.91 Å². The van der Waals surface area contributed by atoms with Gasteiger partial charge in [0.15, 0.2) is 0 Å². The van der Waals surface area contributed by atoms with Gasteiger partial charge in [0, 0.05) is 44.2 Å². The summed E-state index contributed by atoms with van der Waals surface area (Å²) in [6.07, 6.45) is 2.84. The van der Waals surface area contributed by atoms with Crippen molar-refractivity contribution in [2.45, 2.75) is 44.8 Å². The second-order valence-electron chi connectivity index (χ2n) is 6.87. The molecule has 1 aromatic carbocycles. The summed E-state index contributed by atoms with van der Waals surface area (Å²) in [5, 5.41) is 0. The molecule has 3 atom stereocenters. The van der Waals surface area contributed by atoms with E-state index in [4.69, 9.17) is 5.73 Å². The van der Waals surface area contributed by atoms with Crippen LogP contribution in [0.15, 0.2) is 30.3 Å². The molecular weight excluding hydrogens is 274 g/mol. The molecule has 3 unspecified atom stereocenters. The standard InChI is InChI=1S/C18H27N3O/c1-14-12-20(13-15-5-3-2-4-6-15)9-10-21(14)18(22)16-7-8-17(19)11-16/h2-6,14,16-17H,7-13,19H2,1H3. The average molecular weight is 301 g/mol. The lowest BCUT2D eigenvalue weighted by atomic mass is 10.0. The number of amides is 1. The third-order valence-corrected chi connectivity index (χ3v) is 5.07. The molecule has 1 aromatic rings. The zero-order valence-electron chi connectivity index (χ0n) is 13.4. The number of carbonyl (C=O) groups excluding carboxylic acids is 1. The van der Waals surface area contributed by atoms with Crippen LogP contribution in [0.2, 0.25) is 0 Å². The van der Waals surface area contributed by atoms with Gasteiger partial charge >= 0.3 is 0 Å². The fourth-order valence-electron chi connectivity index (χ4n) is 3.82. The molecule has 1 heterocycles. The first-order chi connectivity index (χ1) is 10.6. The highest BCUT2D eigenvalue weighted by Gasteiger charge is 2.35. The summed E-state index contributed by atoms with van der Waals surface area (Å²) in [4.78, 5) is 17.2. The van der Waals surface area contributed by atoms with Crippen LogP contribution in [0.1, 0.15) is 31.7 Å². The fraction of sp³-hybridized carbons (Fsp3) is 0.611. The predicted molar refractivity (Wildman–Crippen MR) is 88.2 cm³/mol. The van der Waals surface area contributed by atoms with Crippen molar-refractivity contribution in [3.63, 3.8) is 0 Å². The second kappa shape index (κ2) is 6.80. The van der Waals surface area contributed by atoms with E-state index in [9.17, 15) is 4.79 Å². The number of carbonyl (C=O) groups is 1. The highest BCUT2D eigenvalue weighted by Crippen LogP contribution is 2.27. The van der Waals surface area contributed by atoms with E-state index >= 15 is 0 Å². The van der Waals surface area contributed by atoms with Crippen LogP contribution < -0.4 is 5.73 Å². The van der Waals surface area contributed by atoms with E-state index in [0.29, 0.717) is 11.9 Å². The summed E-state index contributed by atoms with van der Waals surface area (Å²) >= 11 is 0. The minimum absolute atomic E-state index is 0.165. The van der Waals surface area contributed by atoms with Gasteiger partial charge in [0.1, 0.15) is 0 Å². The zero-order valence-corrected chi connectivity index (χ0v) is 13.4. The normalized spacial score (nSPS) is 29.7. The van der Waals surface area contributed by atoms with Crippen LogP contribution in [-0.4, -0.2) is 47.4 Å². The van der Waals surface area contributed by atoms with Gasteiger partial charge in [0.2, 0.25) is 5.91 Å². The van der Waals surface area contributed by atoms with Crippen molar-refractivity contribution < 1.29 is 4.79 Å². The molecule has 2 aliphatic rings. The van der Waals surface area contributed by atoms with Crippen LogP contribution in [0.25, 0.3) is 0 Å². The monoisotopic (exact) mass is 301 g/mol. The molecule has 0 spiro atoms. The first-order valence-electron chi connectivity index (χ1n) is 8.46. The Hall–Kier alpha value is -1.39. The van der Waals surface area contributed by atoms with Crippen molar-refractivity contribution in [3.8, 4) is 0 Å². The Morgan fingerprint density at radius 1 is 1.23 bits per heavy atom. The highest BCUT2D eigenvalue weighted by molar-refractivity contribution is 5.79. The Balaban J connectivity index is 1.55. The second-order valence-corrected chi connectivity index (χ2v) is 6.87. The van der Waals surface area contributed by atoms with Gasteiger partial charge in [-0.2, -0.15) is 0 Å². The van der Waals surface area contributed by atoms with Crippen molar-refractivity contribution in [2.75, 3.05) is 19.6 Å². The molecule has 1 saturated heterocycles. The largest absolute Gasteiger partial charge is 0.337 e. The van der Waals surface area contributed by atoms with Gasteiger partial charge in [0.05, 0.1) is 0 Å². The Bertz CT molecular complexity index is 504. The number of rotatable bonds is 3. The Morgan fingerprint density at radius 2 is 2.00 bits per heavy atom. The van der Waals surface area contributed by atoms with E-state index in [1.165, 1.54) is 5.56 Å². The number of piperazine rings is 1. The third-order valence-electron chi connectivity index (χ3n) is 5.07.